The van der Waals surface area contributed by atoms with Crippen molar-refractivity contribution in [1.29, 1.82) is 0 Å². The van der Waals surface area contributed by atoms with Crippen LogP contribution in [-0.4, -0.2) is 14.3 Å². The molecule has 1 amide bonds. The predicted octanol–water partition coefficient (Wildman–Crippen LogP) is 6.50. The largest absolute Gasteiger partial charge is 0.345 e. The minimum absolute atomic E-state index is 0.0914. The number of amides is 1. The van der Waals surface area contributed by atoms with Crippen LogP contribution >= 0.6 is 0 Å². The summed E-state index contributed by atoms with van der Waals surface area (Å²) in [4.78, 5) is 13.8. The van der Waals surface area contributed by atoms with Gasteiger partial charge in [-0.05, 0) is 79.8 Å². The number of rotatable bonds is 8. The molecular formula is C31H32N2O3S. The number of sulfonamides is 1. The van der Waals surface area contributed by atoms with Crippen molar-refractivity contribution in [3.05, 3.63) is 130 Å². The number of aryl methyl sites for hydroxylation is 3. The summed E-state index contributed by atoms with van der Waals surface area (Å²) in [6, 6.07) is 28.5. The Balaban J connectivity index is 1.74. The van der Waals surface area contributed by atoms with Gasteiger partial charge in [-0.1, -0.05) is 72.8 Å². The van der Waals surface area contributed by atoms with Crippen LogP contribution in [0.3, 0.4) is 0 Å². The van der Waals surface area contributed by atoms with E-state index in [2.05, 4.69) is 31.3 Å². The molecule has 37 heavy (non-hydrogen) atoms. The van der Waals surface area contributed by atoms with E-state index in [4.69, 9.17) is 0 Å². The van der Waals surface area contributed by atoms with E-state index in [0.29, 0.717) is 11.3 Å². The van der Waals surface area contributed by atoms with Crippen LogP contribution in [-0.2, 0) is 16.6 Å². The molecule has 190 valence electrons. The van der Waals surface area contributed by atoms with Gasteiger partial charge >= 0.3 is 0 Å². The second-order valence-corrected chi connectivity index (χ2v) is 11.2. The number of anilines is 1. The van der Waals surface area contributed by atoms with Gasteiger partial charge in [0, 0.05) is 0 Å². The van der Waals surface area contributed by atoms with Gasteiger partial charge < -0.3 is 5.32 Å². The molecule has 0 fully saturated rings. The molecule has 1 N–H and O–H groups in total. The molecule has 0 aliphatic carbocycles. The number of benzene rings is 4. The Hall–Kier alpha value is -3.90. The summed E-state index contributed by atoms with van der Waals surface area (Å²) in [5, 5.41) is 3.09. The van der Waals surface area contributed by atoms with E-state index in [1.165, 1.54) is 9.87 Å². The highest BCUT2D eigenvalue weighted by Crippen LogP contribution is 2.30. The van der Waals surface area contributed by atoms with Gasteiger partial charge in [0.15, 0.2) is 0 Å². The SMILES string of the molecule is Cc1cc(C)c(C(C)NC(=O)c2ccccc2N(Cc2ccccc2)S(=O)(=O)c2ccccc2)cc1C. The number of carbonyl (C=O) groups excluding carboxylic acids is 1. The first-order valence-corrected chi connectivity index (χ1v) is 13.7. The maximum Gasteiger partial charge on any atom is 0.264 e. The zero-order valence-electron chi connectivity index (χ0n) is 21.6. The van der Waals surface area contributed by atoms with E-state index >= 15 is 0 Å². The fraction of sp³-hybridized carbons (Fsp3) is 0.194. The fourth-order valence-electron chi connectivity index (χ4n) is 4.45. The van der Waals surface area contributed by atoms with Gasteiger partial charge in [0.2, 0.25) is 0 Å². The van der Waals surface area contributed by atoms with E-state index in [1.54, 1.807) is 54.6 Å². The molecule has 6 heteroatoms. The molecule has 0 radical (unpaired) electrons. The smallest absolute Gasteiger partial charge is 0.264 e. The third-order valence-electron chi connectivity index (χ3n) is 6.61. The van der Waals surface area contributed by atoms with E-state index in [1.807, 2.05) is 44.2 Å². The van der Waals surface area contributed by atoms with Crippen LogP contribution in [0.25, 0.3) is 0 Å². The standard InChI is InChI=1S/C31H32N2O3S/c1-22-19-24(3)29(20-23(22)2)25(4)32-31(34)28-17-11-12-18-30(28)33(21-26-13-7-5-8-14-26)37(35,36)27-15-9-6-10-16-27/h5-20,25H,21H2,1-4H3,(H,32,34). The van der Waals surface area contributed by atoms with Gasteiger partial charge in [0.05, 0.1) is 28.7 Å². The Morgan fingerprint density at radius 3 is 2.03 bits per heavy atom. The second-order valence-electron chi connectivity index (χ2n) is 9.32. The first kappa shape index (κ1) is 26.2. The number of nitrogens with zero attached hydrogens (tertiary/aromatic N) is 1. The summed E-state index contributed by atoms with van der Waals surface area (Å²) in [7, 11) is -3.95. The molecule has 4 aromatic carbocycles. The minimum Gasteiger partial charge on any atom is -0.345 e. The first-order chi connectivity index (χ1) is 17.7. The first-order valence-electron chi connectivity index (χ1n) is 12.3. The van der Waals surface area contributed by atoms with Gasteiger partial charge in [-0.25, -0.2) is 8.42 Å². The highest BCUT2D eigenvalue weighted by atomic mass is 32.2. The summed E-state index contributed by atoms with van der Waals surface area (Å²) in [6.45, 7) is 8.19. The predicted molar refractivity (Wildman–Crippen MR) is 149 cm³/mol. The lowest BCUT2D eigenvalue weighted by atomic mass is 9.96. The normalized spacial score (nSPS) is 12.1. The molecule has 0 aliphatic heterocycles. The third-order valence-corrected chi connectivity index (χ3v) is 8.39. The average Bonchev–Trinajstić information content (AvgIpc) is 2.90. The van der Waals surface area contributed by atoms with Crippen LogP contribution in [0.15, 0.2) is 102 Å². The lowest BCUT2D eigenvalue weighted by Crippen LogP contribution is -2.34. The summed E-state index contributed by atoms with van der Waals surface area (Å²) in [6.07, 6.45) is 0. The highest BCUT2D eigenvalue weighted by molar-refractivity contribution is 7.92. The van der Waals surface area contributed by atoms with Crippen molar-refractivity contribution in [3.63, 3.8) is 0 Å². The lowest BCUT2D eigenvalue weighted by molar-refractivity contribution is 0.0940. The number of para-hydroxylation sites is 1. The summed E-state index contributed by atoms with van der Waals surface area (Å²) in [5.41, 5.74) is 5.94. The number of carbonyl (C=O) groups is 1. The molecule has 0 aliphatic rings. The number of nitrogens with one attached hydrogen (secondary N) is 1. The quantitative estimate of drug-likeness (QED) is 0.293. The van der Waals surface area contributed by atoms with Crippen molar-refractivity contribution in [2.24, 2.45) is 0 Å². The van der Waals surface area contributed by atoms with Crippen molar-refractivity contribution in [1.82, 2.24) is 5.32 Å². The molecule has 0 saturated heterocycles. The Morgan fingerprint density at radius 2 is 1.35 bits per heavy atom. The Labute approximate surface area is 219 Å². The van der Waals surface area contributed by atoms with Gasteiger partial charge in [-0.15, -0.1) is 0 Å². The average molecular weight is 513 g/mol. The number of hydrogen-bond donors (Lipinski definition) is 1. The second kappa shape index (κ2) is 11.0. The molecule has 0 saturated carbocycles. The Kier molecular flexibility index (Phi) is 7.79. The van der Waals surface area contributed by atoms with Crippen LogP contribution in [0.4, 0.5) is 5.69 Å². The molecule has 0 aromatic heterocycles. The Bertz CT molecular complexity index is 1500. The molecule has 4 aromatic rings. The minimum atomic E-state index is -3.95. The van der Waals surface area contributed by atoms with Crippen molar-refractivity contribution in [2.75, 3.05) is 4.31 Å². The van der Waals surface area contributed by atoms with Crippen molar-refractivity contribution in [2.45, 2.75) is 45.2 Å². The molecule has 0 heterocycles. The van der Waals surface area contributed by atoms with Crippen LogP contribution in [0.2, 0.25) is 0 Å². The van der Waals surface area contributed by atoms with Crippen LogP contribution in [0.5, 0.6) is 0 Å². The van der Waals surface area contributed by atoms with Crippen molar-refractivity contribution in [3.8, 4) is 0 Å². The van der Waals surface area contributed by atoms with Crippen LogP contribution < -0.4 is 9.62 Å². The molecule has 0 spiro atoms. The molecule has 1 atom stereocenters. The maximum absolute atomic E-state index is 13.9. The molecule has 1 unspecified atom stereocenters. The summed E-state index contributed by atoms with van der Waals surface area (Å²) in [5.74, 6) is -0.331. The molecule has 0 bridgehead atoms. The number of hydrogen-bond acceptors (Lipinski definition) is 3. The van der Waals surface area contributed by atoms with Crippen LogP contribution in [0, 0.1) is 20.8 Å². The maximum atomic E-state index is 13.9. The van der Waals surface area contributed by atoms with Crippen molar-refractivity contribution < 1.29 is 13.2 Å². The van der Waals surface area contributed by atoms with Gasteiger partial charge in [0.1, 0.15) is 0 Å². The van der Waals surface area contributed by atoms with Gasteiger partial charge in [-0.3, -0.25) is 9.10 Å². The lowest BCUT2D eigenvalue weighted by Gasteiger charge is -2.27. The van der Waals surface area contributed by atoms with E-state index in [-0.39, 0.29) is 23.4 Å². The fourth-order valence-corrected chi connectivity index (χ4v) is 5.95. The zero-order chi connectivity index (χ0) is 26.6. The van der Waals surface area contributed by atoms with E-state index in [9.17, 15) is 13.2 Å². The third kappa shape index (κ3) is 5.75. The van der Waals surface area contributed by atoms with Gasteiger partial charge in [-0.2, -0.15) is 0 Å². The summed E-state index contributed by atoms with van der Waals surface area (Å²) < 4.78 is 29.0. The molecular weight excluding hydrogens is 480 g/mol. The van der Waals surface area contributed by atoms with E-state index in [0.717, 1.165) is 22.3 Å². The van der Waals surface area contributed by atoms with Crippen molar-refractivity contribution >= 4 is 21.6 Å². The highest BCUT2D eigenvalue weighted by Gasteiger charge is 2.29. The van der Waals surface area contributed by atoms with E-state index < -0.39 is 10.0 Å². The molecule has 5 nitrogen and oxygen atoms in total. The monoisotopic (exact) mass is 512 g/mol. The molecule has 4 rings (SSSR count). The Morgan fingerprint density at radius 1 is 0.784 bits per heavy atom. The van der Waals surface area contributed by atoms with Gasteiger partial charge in [0.25, 0.3) is 15.9 Å². The van der Waals surface area contributed by atoms with Crippen LogP contribution in [0.1, 0.15) is 51.1 Å². The topological polar surface area (TPSA) is 66.5 Å². The zero-order valence-corrected chi connectivity index (χ0v) is 22.4. The summed E-state index contributed by atoms with van der Waals surface area (Å²) >= 11 is 0.